The number of para-hydroxylation sites is 1. The van der Waals surface area contributed by atoms with Crippen LogP contribution in [-0.4, -0.2) is 29.4 Å². The van der Waals surface area contributed by atoms with Crippen LogP contribution in [0.2, 0.25) is 0 Å². The fourth-order valence-corrected chi connectivity index (χ4v) is 4.22. The Morgan fingerprint density at radius 3 is 2.71 bits per heavy atom. The standard InChI is InChI=1S/C20H21N3O3S2/c1-3-26-19(25)17-13(2)21-20(23-18(17)15-10-7-11-27-15)28-12-16(24)22-14-8-5-4-6-9-14/h4-11,18H,3,12H2,1-2H3,(H,21,23)(H,22,24)/t18-/m1/s1. The first-order chi connectivity index (χ1) is 13.6. The van der Waals surface area contributed by atoms with Crippen molar-refractivity contribution in [2.75, 3.05) is 17.7 Å². The Kier molecular flexibility index (Phi) is 6.89. The predicted molar refractivity (Wildman–Crippen MR) is 114 cm³/mol. The highest BCUT2D eigenvalue weighted by Gasteiger charge is 2.31. The number of allylic oxidation sites excluding steroid dienone is 1. The number of thioether (sulfide) groups is 1. The molecule has 0 fully saturated rings. The Balaban J connectivity index is 1.71. The van der Waals surface area contributed by atoms with Crippen molar-refractivity contribution in [3.63, 3.8) is 0 Å². The van der Waals surface area contributed by atoms with Gasteiger partial charge in [0.05, 0.1) is 17.9 Å². The molecule has 1 aliphatic heterocycles. The molecule has 1 aromatic heterocycles. The van der Waals surface area contributed by atoms with E-state index in [2.05, 4.69) is 15.6 Å². The third-order valence-electron chi connectivity index (χ3n) is 3.92. The topological polar surface area (TPSA) is 79.8 Å². The van der Waals surface area contributed by atoms with Gasteiger partial charge >= 0.3 is 5.97 Å². The van der Waals surface area contributed by atoms with Crippen LogP contribution in [0.3, 0.4) is 0 Å². The third kappa shape index (κ3) is 5.02. The largest absolute Gasteiger partial charge is 0.463 e. The van der Waals surface area contributed by atoms with Crippen LogP contribution >= 0.6 is 23.1 Å². The summed E-state index contributed by atoms with van der Waals surface area (Å²) >= 11 is 2.84. The van der Waals surface area contributed by atoms with Crippen molar-refractivity contribution < 1.29 is 14.3 Å². The van der Waals surface area contributed by atoms with Crippen LogP contribution in [0.4, 0.5) is 5.69 Å². The number of esters is 1. The zero-order valence-corrected chi connectivity index (χ0v) is 17.2. The molecular formula is C20H21N3O3S2. The Hall–Kier alpha value is -2.58. The minimum Gasteiger partial charge on any atom is -0.463 e. The minimum atomic E-state index is -0.431. The SMILES string of the molecule is CCOC(=O)C1=C(C)NC(SCC(=O)Nc2ccccc2)=N[C@@H]1c1cccs1. The van der Waals surface area contributed by atoms with E-state index < -0.39 is 6.04 Å². The van der Waals surface area contributed by atoms with Crippen LogP contribution in [-0.2, 0) is 14.3 Å². The second-order valence-electron chi connectivity index (χ2n) is 5.94. The summed E-state index contributed by atoms with van der Waals surface area (Å²) < 4.78 is 5.21. The van der Waals surface area contributed by atoms with E-state index in [0.717, 1.165) is 10.6 Å². The number of rotatable bonds is 6. The molecule has 8 heteroatoms. The second kappa shape index (κ2) is 9.57. The number of carbonyl (C=O) groups excluding carboxylic acids is 2. The quantitative estimate of drug-likeness (QED) is 0.698. The number of thiophene rings is 1. The minimum absolute atomic E-state index is 0.119. The van der Waals surface area contributed by atoms with Crippen LogP contribution in [0.25, 0.3) is 0 Å². The molecular weight excluding hydrogens is 394 g/mol. The van der Waals surface area contributed by atoms with E-state index in [1.807, 2.05) is 54.8 Å². The van der Waals surface area contributed by atoms with Crippen molar-refractivity contribution in [1.82, 2.24) is 5.32 Å². The Morgan fingerprint density at radius 1 is 1.25 bits per heavy atom. The molecule has 28 heavy (non-hydrogen) atoms. The Bertz CT molecular complexity index is 893. The fraction of sp³-hybridized carbons (Fsp3) is 0.250. The van der Waals surface area contributed by atoms with Gasteiger partial charge in [0, 0.05) is 16.3 Å². The Labute approximate surface area is 172 Å². The number of hydrogen-bond acceptors (Lipinski definition) is 7. The summed E-state index contributed by atoms with van der Waals surface area (Å²) in [5, 5.41) is 8.54. The van der Waals surface area contributed by atoms with Crippen LogP contribution < -0.4 is 10.6 Å². The Morgan fingerprint density at radius 2 is 2.04 bits per heavy atom. The molecule has 0 aliphatic carbocycles. The number of aliphatic imine (C=N–C) groups is 1. The molecule has 1 aliphatic rings. The summed E-state index contributed by atoms with van der Waals surface area (Å²) in [6, 6.07) is 12.7. The second-order valence-corrected chi connectivity index (χ2v) is 7.88. The van der Waals surface area contributed by atoms with Gasteiger partial charge in [0.25, 0.3) is 0 Å². The number of carbonyl (C=O) groups is 2. The van der Waals surface area contributed by atoms with Gasteiger partial charge in [0.2, 0.25) is 5.91 Å². The van der Waals surface area contributed by atoms with Crippen LogP contribution in [0.15, 0.2) is 64.1 Å². The first-order valence-electron chi connectivity index (χ1n) is 8.82. The average Bonchev–Trinajstić information content (AvgIpc) is 3.21. The van der Waals surface area contributed by atoms with Gasteiger partial charge in [-0.25, -0.2) is 9.79 Å². The molecule has 1 amide bonds. The molecule has 0 radical (unpaired) electrons. The van der Waals surface area contributed by atoms with Gasteiger partial charge in [-0.15, -0.1) is 11.3 Å². The molecule has 2 aromatic rings. The number of benzene rings is 1. The van der Waals surface area contributed by atoms with Gasteiger partial charge < -0.3 is 15.4 Å². The first kappa shape index (κ1) is 20.2. The van der Waals surface area contributed by atoms with Crippen molar-refractivity contribution in [3.05, 3.63) is 64.0 Å². The van der Waals surface area contributed by atoms with E-state index >= 15 is 0 Å². The number of amides is 1. The highest BCUT2D eigenvalue weighted by atomic mass is 32.2. The molecule has 0 saturated heterocycles. The lowest BCUT2D eigenvalue weighted by atomic mass is 10.0. The molecule has 3 rings (SSSR count). The molecule has 1 aromatic carbocycles. The predicted octanol–water partition coefficient (Wildman–Crippen LogP) is 3.96. The number of anilines is 1. The summed E-state index contributed by atoms with van der Waals surface area (Å²) in [5.74, 6) is -0.286. The normalized spacial score (nSPS) is 16.2. The number of nitrogens with zero attached hydrogens (tertiary/aromatic N) is 1. The molecule has 0 bridgehead atoms. The molecule has 2 heterocycles. The van der Waals surface area contributed by atoms with Crippen LogP contribution in [0.5, 0.6) is 0 Å². The van der Waals surface area contributed by atoms with Gasteiger partial charge in [-0.2, -0.15) is 0 Å². The molecule has 2 N–H and O–H groups in total. The highest BCUT2D eigenvalue weighted by Crippen LogP contribution is 2.35. The van der Waals surface area contributed by atoms with Gasteiger partial charge in [-0.3, -0.25) is 4.79 Å². The number of nitrogens with one attached hydrogen (secondary N) is 2. The van der Waals surface area contributed by atoms with E-state index in [0.29, 0.717) is 23.0 Å². The van der Waals surface area contributed by atoms with Crippen molar-refractivity contribution in [3.8, 4) is 0 Å². The van der Waals surface area contributed by atoms with E-state index in [1.165, 1.54) is 23.1 Å². The van der Waals surface area contributed by atoms with Gasteiger partial charge in [0.15, 0.2) is 5.17 Å². The maximum Gasteiger partial charge on any atom is 0.338 e. The monoisotopic (exact) mass is 415 g/mol. The van der Waals surface area contributed by atoms with Gasteiger partial charge in [0.1, 0.15) is 6.04 Å². The number of hydrogen-bond donors (Lipinski definition) is 2. The lowest BCUT2D eigenvalue weighted by Crippen LogP contribution is -2.31. The molecule has 1 atom stereocenters. The van der Waals surface area contributed by atoms with E-state index in [4.69, 9.17) is 4.74 Å². The van der Waals surface area contributed by atoms with Gasteiger partial charge in [-0.1, -0.05) is 36.0 Å². The van der Waals surface area contributed by atoms with Gasteiger partial charge in [-0.05, 0) is 37.4 Å². The average molecular weight is 416 g/mol. The van der Waals surface area contributed by atoms with E-state index in [9.17, 15) is 9.59 Å². The molecule has 6 nitrogen and oxygen atoms in total. The van der Waals surface area contributed by atoms with E-state index in [1.54, 1.807) is 6.92 Å². The molecule has 0 unspecified atom stereocenters. The maximum atomic E-state index is 12.4. The lowest BCUT2D eigenvalue weighted by Gasteiger charge is -2.24. The summed E-state index contributed by atoms with van der Waals surface area (Å²) in [5.41, 5.74) is 1.95. The zero-order valence-electron chi connectivity index (χ0n) is 15.6. The highest BCUT2D eigenvalue weighted by molar-refractivity contribution is 8.14. The third-order valence-corrected chi connectivity index (χ3v) is 5.74. The van der Waals surface area contributed by atoms with Crippen LogP contribution in [0.1, 0.15) is 24.8 Å². The molecule has 0 saturated carbocycles. The summed E-state index contributed by atoms with van der Waals surface area (Å²) in [6.45, 7) is 3.91. The maximum absolute atomic E-state index is 12.4. The summed E-state index contributed by atoms with van der Waals surface area (Å²) in [4.78, 5) is 30.3. The van der Waals surface area contributed by atoms with E-state index in [-0.39, 0.29) is 17.6 Å². The number of amidine groups is 1. The molecule has 0 spiro atoms. The van der Waals surface area contributed by atoms with Crippen molar-refractivity contribution in [2.45, 2.75) is 19.9 Å². The lowest BCUT2D eigenvalue weighted by molar-refractivity contribution is -0.139. The zero-order chi connectivity index (χ0) is 19.9. The van der Waals surface area contributed by atoms with Crippen molar-refractivity contribution in [1.29, 1.82) is 0 Å². The summed E-state index contributed by atoms with van der Waals surface area (Å²) in [6.07, 6.45) is 0. The van der Waals surface area contributed by atoms with Crippen molar-refractivity contribution in [2.24, 2.45) is 4.99 Å². The first-order valence-corrected chi connectivity index (χ1v) is 10.7. The number of ether oxygens (including phenoxy) is 1. The summed E-state index contributed by atoms with van der Waals surface area (Å²) in [7, 11) is 0. The molecule has 146 valence electrons. The fourth-order valence-electron chi connectivity index (χ4n) is 2.70. The smallest absolute Gasteiger partial charge is 0.338 e. The van der Waals surface area contributed by atoms with Crippen molar-refractivity contribution >= 4 is 45.8 Å². The van der Waals surface area contributed by atoms with Crippen LogP contribution in [0, 0.1) is 0 Å².